The number of hydrogen-bond acceptors (Lipinski definition) is 2. The summed E-state index contributed by atoms with van der Waals surface area (Å²) in [6.07, 6.45) is 4.25. The molecule has 3 saturated heterocycles. The van der Waals surface area contributed by atoms with Crippen molar-refractivity contribution in [2.45, 2.75) is 37.8 Å². The lowest BCUT2D eigenvalue weighted by atomic mass is 9.75. The molecule has 0 spiro atoms. The molecule has 118 valence electrons. The van der Waals surface area contributed by atoms with Gasteiger partial charge in [0, 0.05) is 6.04 Å². The van der Waals surface area contributed by atoms with Crippen molar-refractivity contribution < 1.29 is 4.79 Å². The standard InChI is InChI=1S/C16H14Cl2N4O/c1-19-20-16-21-10-4-2-9(3-5-10)14(21)15(23)22(16)11-6-7-12(17)13(18)8-11/h6-10,14H,2-5H2/t9?,10?,14-/m0/s1. The van der Waals surface area contributed by atoms with E-state index in [0.29, 0.717) is 33.7 Å². The van der Waals surface area contributed by atoms with Crippen molar-refractivity contribution in [2.75, 3.05) is 4.90 Å². The van der Waals surface area contributed by atoms with Gasteiger partial charge in [-0.25, -0.2) is 4.90 Å². The first-order valence-electron chi connectivity index (χ1n) is 7.63. The Kier molecular flexibility index (Phi) is 3.47. The van der Waals surface area contributed by atoms with Crippen LogP contribution in [0.25, 0.3) is 4.95 Å². The number of benzene rings is 1. The van der Waals surface area contributed by atoms with Gasteiger partial charge in [0.1, 0.15) is 11.1 Å². The van der Waals surface area contributed by atoms with Crippen molar-refractivity contribution in [1.29, 1.82) is 0 Å². The largest absolute Gasteiger partial charge is 0.321 e. The van der Waals surface area contributed by atoms with Gasteiger partial charge >= 0.3 is 0 Å². The Morgan fingerprint density at radius 2 is 1.91 bits per heavy atom. The lowest BCUT2D eigenvalue weighted by Crippen LogP contribution is -2.55. The highest BCUT2D eigenvalue weighted by Gasteiger charge is 2.56. The van der Waals surface area contributed by atoms with E-state index in [1.54, 1.807) is 18.2 Å². The van der Waals surface area contributed by atoms with E-state index >= 15 is 0 Å². The highest BCUT2D eigenvalue weighted by atomic mass is 35.5. The monoisotopic (exact) mass is 348 g/mol. The molecule has 4 aliphatic rings. The van der Waals surface area contributed by atoms with Crippen LogP contribution >= 0.6 is 23.2 Å². The topological polar surface area (TPSA) is 40.3 Å². The highest BCUT2D eigenvalue weighted by molar-refractivity contribution is 6.42. The SMILES string of the molecule is [C-]#[N+]N=C1N(c2ccc(Cl)c(Cl)c2)C(=O)[C@@H]2C3CCC(CC3)N12. The minimum absolute atomic E-state index is 0.0137. The zero-order valence-corrected chi connectivity index (χ0v) is 13.8. The molecule has 1 amide bonds. The number of rotatable bonds is 1. The van der Waals surface area contributed by atoms with Crippen molar-refractivity contribution in [1.82, 2.24) is 4.90 Å². The summed E-state index contributed by atoms with van der Waals surface area (Å²) in [4.78, 5) is 19.8. The maximum absolute atomic E-state index is 13.0. The third-order valence-electron chi connectivity index (χ3n) is 5.09. The van der Waals surface area contributed by atoms with Crippen molar-refractivity contribution in [2.24, 2.45) is 11.0 Å². The summed E-state index contributed by atoms with van der Waals surface area (Å²) < 4.78 is 0. The number of hydrogen-bond donors (Lipinski definition) is 0. The lowest BCUT2D eigenvalue weighted by molar-refractivity contribution is -0.124. The van der Waals surface area contributed by atoms with Gasteiger partial charge in [-0.15, -0.1) is 4.95 Å². The second kappa shape index (κ2) is 5.40. The van der Waals surface area contributed by atoms with Crippen LogP contribution in [0.3, 0.4) is 0 Å². The number of fused-ring (bicyclic) bond motifs is 2. The van der Waals surface area contributed by atoms with Gasteiger partial charge in [0.15, 0.2) is 0 Å². The molecule has 5 nitrogen and oxygen atoms in total. The zero-order chi connectivity index (χ0) is 16.1. The normalized spacial score (nSPS) is 30.7. The van der Waals surface area contributed by atoms with Gasteiger partial charge in [-0.2, -0.15) is 6.57 Å². The van der Waals surface area contributed by atoms with E-state index < -0.39 is 0 Å². The second-order valence-corrected chi connectivity index (χ2v) is 7.01. The minimum Gasteiger partial charge on any atom is -0.321 e. The van der Waals surface area contributed by atoms with Crippen LogP contribution in [0.5, 0.6) is 0 Å². The van der Waals surface area contributed by atoms with Crippen molar-refractivity contribution in [3.05, 3.63) is 39.8 Å². The van der Waals surface area contributed by atoms with Crippen LogP contribution in [0.4, 0.5) is 5.69 Å². The average Bonchev–Trinajstić information content (AvgIpc) is 2.87. The van der Waals surface area contributed by atoms with Crippen LogP contribution in [0.2, 0.25) is 10.0 Å². The molecule has 4 fully saturated rings. The molecule has 5 rings (SSSR count). The Bertz CT molecular complexity index is 749. The van der Waals surface area contributed by atoms with Crippen LogP contribution in [0.15, 0.2) is 23.3 Å². The summed E-state index contributed by atoms with van der Waals surface area (Å²) >= 11 is 12.1. The van der Waals surface area contributed by atoms with Crippen LogP contribution in [-0.2, 0) is 4.79 Å². The maximum atomic E-state index is 13.0. The van der Waals surface area contributed by atoms with Gasteiger partial charge in [-0.05, 0) is 49.8 Å². The fraction of sp³-hybridized carbons (Fsp3) is 0.438. The number of anilines is 1. The number of nitrogens with zero attached hydrogens (tertiary/aromatic N) is 4. The molecule has 23 heavy (non-hydrogen) atoms. The summed E-state index contributed by atoms with van der Waals surface area (Å²) in [7, 11) is 0. The third-order valence-corrected chi connectivity index (χ3v) is 5.83. The highest BCUT2D eigenvalue weighted by Crippen LogP contribution is 2.45. The van der Waals surface area contributed by atoms with E-state index in [1.165, 1.54) is 4.90 Å². The van der Waals surface area contributed by atoms with Gasteiger partial charge in [0.05, 0.1) is 15.7 Å². The van der Waals surface area contributed by atoms with Crippen LogP contribution < -0.4 is 4.90 Å². The molecule has 1 atom stereocenters. The molecule has 0 unspecified atom stereocenters. The molecule has 1 aromatic rings. The third kappa shape index (κ3) is 2.13. The molecule has 1 aromatic carbocycles. The number of amides is 1. The van der Waals surface area contributed by atoms with Gasteiger partial charge in [-0.3, -0.25) is 4.79 Å². The Morgan fingerprint density at radius 3 is 2.57 bits per heavy atom. The molecule has 0 radical (unpaired) electrons. The summed E-state index contributed by atoms with van der Waals surface area (Å²) in [5.74, 6) is 0.763. The van der Waals surface area contributed by atoms with Crippen molar-refractivity contribution >= 4 is 40.8 Å². The molecule has 0 aromatic heterocycles. The molecule has 7 heteroatoms. The van der Waals surface area contributed by atoms with Gasteiger partial charge < -0.3 is 4.90 Å². The maximum Gasteiger partial charge on any atom is 0.295 e. The summed E-state index contributed by atoms with van der Waals surface area (Å²) in [5, 5.41) is 4.77. The number of halogens is 2. The van der Waals surface area contributed by atoms with Gasteiger partial charge in [0.2, 0.25) is 0 Å². The first-order valence-corrected chi connectivity index (χ1v) is 8.39. The predicted molar refractivity (Wildman–Crippen MR) is 89.4 cm³/mol. The summed E-state index contributed by atoms with van der Waals surface area (Å²) in [6, 6.07) is 5.15. The molecule has 0 N–H and O–H groups in total. The number of carbonyl (C=O) groups excluding carboxylic acids is 1. The summed E-state index contributed by atoms with van der Waals surface area (Å²) in [6.45, 7) is 7.13. The molecule has 3 heterocycles. The van der Waals surface area contributed by atoms with Crippen molar-refractivity contribution in [3.63, 3.8) is 0 Å². The number of guanidine groups is 1. The number of carbonyl (C=O) groups is 1. The average molecular weight is 349 g/mol. The first-order chi connectivity index (χ1) is 11.1. The number of piperidine rings is 2. The molecule has 1 saturated carbocycles. The molecule has 3 aliphatic heterocycles. The Hall–Kier alpha value is -1.77. The van der Waals surface area contributed by atoms with E-state index in [9.17, 15) is 4.79 Å². The quantitative estimate of drug-likeness (QED) is 0.572. The minimum atomic E-state index is -0.197. The Labute approximate surface area is 144 Å². The fourth-order valence-corrected chi connectivity index (χ4v) is 4.40. The zero-order valence-electron chi connectivity index (χ0n) is 12.2. The Balaban J connectivity index is 1.82. The van der Waals surface area contributed by atoms with Gasteiger partial charge in [0.25, 0.3) is 11.9 Å². The van der Waals surface area contributed by atoms with Crippen LogP contribution in [-0.4, -0.2) is 28.9 Å². The first kappa shape index (κ1) is 14.8. The molecular weight excluding hydrogens is 335 g/mol. The Morgan fingerprint density at radius 1 is 1.17 bits per heavy atom. The fourth-order valence-electron chi connectivity index (χ4n) is 4.11. The van der Waals surface area contributed by atoms with Crippen LogP contribution in [0.1, 0.15) is 25.7 Å². The van der Waals surface area contributed by atoms with Gasteiger partial charge in [-0.1, -0.05) is 23.2 Å². The molecular formula is C16H14Cl2N4O. The molecule has 1 aliphatic carbocycles. The van der Waals surface area contributed by atoms with Crippen LogP contribution in [0, 0.1) is 12.5 Å². The van der Waals surface area contributed by atoms with E-state index in [1.807, 2.05) is 0 Å². The predicted octanol–water partition coefficient (Wildman–Crippen LogP) is 3.77. The molecule has 2 bridgehead atoms. The summed E-state index contributed by atoms with van der Waals surface area (Å²) in [5.41, 5.74) is 0.612. The smallest absolute Gasteiger partial charge is 0.295 e. The van der Waals surface area contributed by atoms with E-state index in [-0.39, 0.29) is 11.9 Å². The lowest BCUT2D eigenvalue weighted by Gasteiger charge is -2.46. The van der Waals surface area contributed by atoms with E-state index in [0.717, 1.165) is 25.7 Å². The second-order valence-electron chi connectivity index (χ2n) is 6.19. The van der Waals surface area contributed by atoms with E-state index in [2.05, 4.69) is 15.0 Å². The van der Waals surface area contributed by atoms with E-state index in [4.69, 9.17) is 29.8 Å². The van der Waals surface area contributed by atoms with Crippen molar-refractivity contribution in [3.8, 4) is 0 Å².